The second-order valence-corrected chi connectivity index (χ2v) is 12.0. The molecule has 0 saturated heterocycles. The highest BCUT2D eigenvalue weighted by molar-refractivity contribution is 6.31. The van der Waals surface area contributed by atoms with Gasteiger partial charge in [0, 0.05) is 10.0 Å². The van der Waals surface area contributed by atoms with Gasteiger partial charge in [0.05, 0.1) is 35.0 Å². The van der Waals surface area contributed by atoms with Crippen LogP contribution in [0.1, 0.15) is 43.4 Å². The third kappa shape index (κ3) is 10.4. The van der Waals surface area contributed by atoms with Crippen molar-refractivity contribution < 1.29 is 0 Å². The number of nitrogens with zero attached hydrogens (tertiary/aromatic N) is 4. The lowest BCUT2D eigenvalue weighted by molar-refractivity contribution is 0.850. The van der Waals surface area contributed by atoms with Crippen LogP contribution < -0.4 is 10.0 Å². The quantitative estimate of drug-likeness (QED) is 0.101. The van der Waals surface area contributed by atoms with Crippen LogP contribution in [-0.4, -0.2) is 11.4 Å². The van der Waals surface area contributed by atoms with Crippen molar-refractivity contribution in [2.24, 2.45) is 10.2 Å². The van der Waals surface area contributed by atoms with Gasteiger partial charge in [0.25, 0.3) is 0 Å². The Morgan fingerprint density at radius 3 is 1.22 bits per heavy atom. The highest BCUT2D eigenvalue weighted by Gasteiger charge is 2.11. The number of hydrogen-bond donors (Lipinski definition) is 0. The summed E-state index contributed by atoms with van der Waals surface area (Å²) >= 11 is 12.0. The zero-order valence-corrected chi connectivity index (χ0v) is 29.3. The summed E-state index contributed by atoms with van der Waals surface area (Å²) in [7, 11) is 0. The van der Waals surface area contributed by atoms with E-state index in [1.54, 1.807) is 0 Å². The summed E-state index contributed by atoms with van der Waals surface area (Å²) in [5.41, 5.74) is 8.59. The van der Waals surface area contributed by atoms with Crippen LogP contribution >= 0.6 is 23.2 Å². The second kappa shape index (κ2) is 18.4. The van der Waals surface area contributed by atoms with Crippen molar-refractivity contribution in [3.05, 3.63) is 197 Å². The van der Waals surface area contributed by atoms with Crippen molar-refractivity contribution in [3.63, 3.8) is 0 Å². The van der Waals surface area contributed by atoms with Crippen LogP contribution in [0.3, 0.4) is 0 Å². The van der Waals surface area contributed by atoms with E-state index in [1.165, 1.54) is 5.56 Å². The van der Waals surface area contributed by atoms with E-state index in [1.807, 2.05) is 114 Å². The smallest absolute Gasteiger partial charge is 0.0683 e. The third-order valence-corrected chi connectivity index (χ3v) is 8.22. The van der Waals surface area contributed by atoms with E-state index in [0.29, 0.717) is 0 Å². The van der Waals surface area contributed by atoms with Crippen molar-refractivity contribution in [2.45, 2.75) is 33.2 Å². The lowest BCUT2D eigenvalue weighted by Gasteiger charge is -2.21. The van der Waals surface area contributed by atoms with E-state index >= 15 is 0 Å². The van der Waals surface area contributed by atoms with Crippen molar-refractivity contribution in [1.82, 2.24) is 0 Å². The minimum Gasteiger partial charge on any atom is -0.261 e. The molecule has 6 rings (SSSR count). The maximum absolute atomic E-state index is 6.02. The number of hydrazone groups is 2. The second-order valence-electron chi connectivity index (χ2n) is 11.2. The van der Waals surface area contributed by atoms with Gasteiger partial charge >= 0.3 is 0 Å². The molecule has 6 aromatic carbocycles. The number of para-hydroxylation sites is 3. The van der Waals surface area contributed by atoms with Gasteiger partial charge in [0.15, 0.2) is 0 Å². The van der Waals surface area contributed by atoms with Crippen molar-refractivity contribution in [1.29, 1.82) is 0 Å². The Hall–Kier alpha value is -5.16. The molecule has 0 radical (unpaired) electrons. The topological polar surface area (TPSA) is 31.2 Å². The molecule has 0 N–H and O–H groups in total. The van der Waals surface area contributed by atoms with Crippen LogP contribution in [0.15, 0.2) is 180 Å². The van der Waals surface area contributed by atoms with Gasteiger partial charge < -0.3 is 0 Å². The van der Waals surface area contributed by atoms with Gasteiger partial charge in [-0.2, -0.15) is 10.2 Å². The van der Waals surface area contributed by atoms with Crippen LogP contribution in [0.5, 0.6) is 0 Å². The number of rotatable bonds is 11. The number of halogens is 2. The summed E-state index contributed by atoms with van der Waals surface area (Å²) < 4.78 is 0. The maximum atomic E-state index is 6.02. The highest BCUT2D eigenvalue weighted by Crippen LogP contribution is 2.26. The normalized spacial score (nSPS) is 11.3. The molecule has 0 spiro atoms. The van der Waals surface area contributed by atoms with Crippen molar-refractivity contribution in [2.75, 3.05) is 10.0 Å². The molecular formula is C43H40Cl2N4. The summed E-state index contributed by atoms with van der Waals surface area (Å²) in [6, 6.07) is 56.7. The summed E-state index contributed by atoms with van der Waals surface area (Å²) in [5, 5.41) is 15.4. The first kappa shape index (κ1) is 35.2. The van der Waals surface area contributed by atoms with Crippen LogP contribution in [0.2, 0.25) is 10.0 Å². The van der Waals surface area contributed by atoms with Crippen LogP contribution in [-0.2, 0) is 6.54 Å². The average molecular weight is 684 g/mol. The molecule has 0 atom stereocenters. The molecule has 0 aliphatic heterocycles. The van der Waals surface area contributed by atoms with E-state index < -0.39 is 0 Å². The molecule has 0 aliphatic rings. The molecule has 0 unspecified atom stereocenters. The zero-order valence-electron chi connectivity index (χ0n) is 27.8. The average Bonchev–Trinajstić information content (AvgIpc) is 3.16. The predicted molar refractivity (Wildman–Crippen MR) is 211 cm³/mol. The van der Waals surface area contributed by atoms with Gasteiger partial charge in [-0.1, -0.05) is 146 Å². The Morgan fingerprint density at radius 1 is 0.449 bits per heavy atom. The Labute approximate surface area is 300 Å². The zero-order chi connectivity index (χ0) is 34.3. The number of benzene rings is 6. The molecule has 0 saturated carbocycles. The van der Waals surface area contributed by atoms with E-state index in [4.69, 9.17) is 33.4 Å². The Balaban J connectivity index is 0.000000191. The largest absolute Gasteiger partial charge is 0.261 e. The molecule has 0 aromatic heterocycles. The number of anilines is 3. The first-order valence-electron chi connectivity index (χ1n) is 16.5. The van der Waals surface area contributed by atoms with E-state index in [0.717, 1.165) is 69.0 Å². The summed E-state index contributed by atoms with van der Waals surface area (Å²) in [6.07, 6.45) is 1.68. The maximum Gasteiger partial charge on any atom is 0.0683 e. The first-order chi connectivity index (χ1) is 24.0. The minimum absolute atomic E-state index is 0.724. The van der Waals surface area contributed by atoms with E-state index in [-0.39, 0.29) is 0 Å². The molecular weight excluding hydrogens is 643 g/mol. The monoisotopic (exact) mass is 682 g/mol. The van der Waals surface area contributed by atoms with Crippen molar-refractivity contribution in [3.8, 4) is 0 Å². The van der Waals surface area contributed by atoms with Gasteiger partial charge in [0.2, 0.25) is 0 Å². The van der Waals surface area contributed by atoms with Crippen LogP contribution in [0.4, 0.5) is 17.1 Å². The molecule has 6 aromatic rings. The van der Waals surface area contributed by atoms with E-state index in [2.05, 4.69) is 79.5 Å². The highest BCUT2D eigenvalue weighted by atomic mass is 35.5. The predicted octanol–water partition coefficient (Wildman–Crippen LogP) is 12.5. The van der Waals surface area contributed by atoms with Gasteiger partial charge in [-0.25, -0.2) is 5.01 Å². The van der Waals surface area contributed by atoms with Gasteiger partial charge in [-0.15, -0.1) is 0 Å². The van der Waals surface area contributed by atoms with Crippen LogP contribution in [0.25, 0.3) is 0 Å². The minimum atomic E-state index is 0.724. The Bertz CT molecular complexity index is 1860. The van der Waals surface area contributed by atoms with Gasteiger partial charge in [-0.3, -0.25) is 5.01 Å². The lowest BCUT2D eigenvalue weighted by atomic mass is 10.1. The molecule has 0 bridgehead atoms. The fourth-order valence-corrected chi connectivity index (χ4v) is 5.41. The molecule has 6 heteroatoms. The van der Waals surface area contributed by atoms with Crippen LogP contribution in [0, 0.1) is 0 Å². The Morgan fingerprint density at radius 2 is 0.816 bits per heavy atom. The molecule has 0 amide bonds. The summed E-state index contributed by atoms with van der Waals surface area (Å²) in [5.74, 6) is 0. The van der Waals surface area contributed by atoms with E-state index in [9.17, 15) is 0 Å². The fraction of sp³-hybridized carbons (Fsp3) is 0.116. The number of hydrogen-bond acceptors (Lipinski definition) is 4. The van der Waals surface area contributed by atoms with Gasteiger partial charge in [0.1, 0.15) is 0 Å². The third-order valence-electron chi connectivity index (χ3n) is 7.72. The molecule has 4 nitrogen and oxygen atoms in total. The summed E-state index contributed by atoms with van der Waals surface area (Å²) in [6.45, 7) is 4.96. The Kier molecular flexibility index (Phi) is 13.2. The fourth-order valence-electron chi connectivity index (χ4n) is 5.16. The molecule has 49 heavy (non-hydrogen) atoms. The van der Waals surface area contributed by atoms with Gasteiger partial charge in [-0.05, 0) is 90.2 Å². The summed E-state index contributed by atoms with van der Waals surface area (Å²) in [4.78, 5) is 0. The first-order valence-corrected chi connectivity index (χ1v) is 17.2. The molecule has 0 aliphatic carbocycles. The lowest BCUT2D eigenvalue weighted by Crippen LogP contribution is -2.19. The van der Waals surface area contributed by atoms with Crippen molar-refractivity contribution >= 4 is 51.7 Å². The SMILES string of the molecule is CCC(=NN(Cc1ccccc1)c1ccccc1)c1ccc(Cl)cc1.CCC(=NN(c1ccccc1)c1ccccc1)c1ccc(Cl)cc1. The standard InChI is InChI=1S/C22H21ClN2.C21H19ClN2/c1-2-22(19-13-15-20(23)16-14-19)24-25(21-11-7-4-8-12-21)17-18-9-5-3-6-10-18;1-2-21(17-13-15-18(22)16-14-17)23-24(19-9-5-3-6-10-19)20-11-7-4-8-12-20/h3-16H,2,17H2,1H3;3-16H,2H2,1H3. The molecule has 246 valence electrons. The molecule has 0 heterocycles. The molecule has 0 fully saturated rings.